The maximum atomic E-state index is 6.52. The second-order valence-electron chi connectivity index (χ2n) is 11.0. The Kier molecular flexibility index (Phi) is 3.81. The van der Waals surface area contributed by atoms with E-state index in [1.54, 1.807) is 0 Å². The summed E-state index contributed by atoms with van der Waals surface area (Å²) in [6.45, 7) is 6.87. The Balaban J connectivity index is 1.39. The van der Waals surface area contributed by atoms with Crippen LogP contribution in [0.15, 0.2) is 101 Å². The first-order valence-electron chi connectivity index (χ1n) is 12.9. The molecule has 4 aromatic carbocycles. The van der Waals surface area contributed by atoms with E-state index >= 15 is 0 Å². The van der Waals surface area contributed by atoms with E-state index in [1.165, 1.54) is 61.2 Å². The predicted molar refractivity (Wildman–Crippen MR) is 149 cm³/mol. The summed E-state index contributed by atoms with van der Waals surface area (Å²) in [6, 6.07) is 26.9. The molecule has 8 rings (SSSR count). The summed E-state index contributed by atoms with van der Waals surface area (Å²) in [6.07, 6.45) is 7.86. The smallest absolute Gasteiger partial charge is 0.140 e. The highest BCUT2D eigenvalue weighted by Crippen LogP contribution is 2.58. The molecular formula is C34H27NO. The molecule has 0 saturated carbocycles. The molecule has 0 amide bonds. The van der Waals surface area contributed by atoms with Gasteiger partial charge in [-0.1, -0.05) is 68.0 Å². The summed E-state index contributed by atoms with van der Waals surface area (Å²) >= 11 is 0. The number of nitrogens with zero attached hydrogens (tertiary/aromatic N) is 1. The zero-order chi connectivity index (χ0) is 24.2. The Morgan fingerprint density at radius 3 is 2.58 bits per heavy atom. The molecule has 5 aromatic rings. The van der Waals surface area contributed by atoms with Crippen LogP contribution in [0.2, 0.25) is 0 Å². The van der Waals surface area contributed by atoms with Crippen molar-refractivity contribution < 1.29 is 4.42 Å². The normalized spacial score (nSPS) is 18.8. The van der Waals surface area contributed by atoms with Gasteiger partial charge in [0, 0.05) is 39.1 Å². The lowest BCUT2D eigenvalue weighted by Gasteiger charge is -2.26. The van der Waals surface area contributed by atoms with Gasteiger partial charge in [0.25, 0.3) is 0 Å². The van der Waals surface area contributed by atoms with Gasteiger partial charge in [0.15, 0.2) is 0 Å². The zero-order valence-electron chi connectivity index (χ0n) is 20.8. The topological polar surface area (TPSA) is 16.4 Å². The molecule has 2 heteroatoms. The molecule has 174 valence electrons. The molecule has 2 nitrogen and oxygen atoms in total. The van der Waals surface area contributed by atoms with Crippen molar-refractivity contribution in [1.82, 2.24) is 0 Å². The fourth-order valence-corrected chi connectivity index (χ4v) is 6.84. The number of hydrogen-bond acceptors (Lipinski definition) is 2. The summed E-state index contributed by atoms with van der Waals surface area (Å²) < 4.78 is 6.52. The standard InChI is InChI=1S/C34H27NO/c1-20-12-14-21(15-13-20)35-29-10-6-4-8-22(29)27-18-26-24-16-17-25-23-9-5-7-11-31(23)36-33(25)32(24)34(2,3)28(26)19-30(27)35/h4-7,9-19,22H,8H2,1-3H3. The van der Waals surface area contributed by atoms with Gasteiger partial charge in [0.1, 0.15) is 11.2 Å². The highest BCUT2D eigenvalue weighted by atomic mass is 16.3. The van der Waals surface area contributed by atoms with Gasteiger partial charge in [-0.25, -0.2) is 0 Å². The molecule has 1 aromatic heterocycles. The Labute approximate surface area is 211 Å². The SMILES string of the molecule is Cc1ccc(N2C3=CC=CCC3c3cc4c(cc32)C(C)(C)c2c-4ccc3c2oc2ccccc23)cc1. The summed E-state index contributed by atoms with van der Waals surface area (Å²) in [5, 5.41) is 2.40. The van der Waals surface area contributed by atoms with Gasteiger partial charge >= 0.3 is 0 Å². The largest absolute Gasteiger partial charge is 0.456 e. The first kappa shape index (κ1) is 20.2. The number of aryl methyl sites for hydroxylation is 1. The van der Waals surface area contributed by atoms with E-state index < -0.39 is 0 Å². The van der Waals surface area contributed by atoms with Gasteiger partial charge in [-0.2, -0.15) is 0 Å². The minimum atomic E-state index is -0.160. The zero-order valence-corrected chi connectivity index (χ0v) is 20.8. The van der Waals surface area contributed by atoms with Crippen molar-refractivity contribution in [3.8, 4) is 11.1 Å². The number of anilines is 2. The third-order valence-electron chi connectivity index (χ3n) is 8.60. The minimum absolute atomic E-state index is 0.160. The summed E-state index contributed by atoms with van der Waals surface area (Å²) in [5.41, 5.74) is 13.9. The molecule has 1 unspecified atom stereocenters. The number of allylic oxidation sites excluding steroid dienone is 4. The molecule has 0 fully saturated rings. The lowest BCUT2D eigenvalue weighted by Crippen LogP contribution is -2.17. The van der Waals surface area contributed by atoms with Crippen molar-refractivity contribution in [2.24, 2.45) is 0 Å². The van der Waals surface area contributed by atoms with Crippen molar-refractivity contribution in [2.45, 2.75) is 38.5 Å². The molecule has 0 N–H and O–H groups in total. The fraction of sp³-hybridized carbons (Fsp3) is 0.176. The predicted octanol–water partition coefficient (Wildman–Crippen LogP) is 9.28. The fourth-order valence-electron chi connectivity index (χ4n) is 6.84. The molecule has 1 atom stereocenters. The number of rotatable bonds is 1. The van der Waals surface area contributed by atoms with Crippen LogP contribution >= 0.6 is 0 Å². The van der Waals surface area contributed by atoms with Crippen molar-refractivity contribution in [2.75, 3.05) is 4.90 Å². The van der Waals surface area contributed by atoms with Crippen LogP contribution in [0, 0.1) is 6.92 Å². The second kappa shape index (κ2) is 6.79. The van der Waals surface area contributed by atoms with Crippen molar-refractivity contribution in [1.29, 1.82) is 0 Å². The summed E-state index contributed by atoms with van der Waals surface area (Å²) in [4.78, 5) is 2.49. The maximum Gasteiger partial charge on any atom is 0.140 e. The van der Waals surface area contributed by atoms with Gasteiger partial charge in [0.2, 0.25) is 0 Å². The van der Waals surface area contributed by atoms with Crippen molar-refractivity contribution >= 4 is 33.3 Å². The van der Waals surface area contributed by atoms with Crippen LogP contribution in [0.25, 0.3) is 33.1 Å². The van der Waals surface area contributed by atoms with Crippen LogP contribution < -0.4 is 4.90 Å². The monoisotopic (exact) mass is 465 g/mol. The first-order chi connectivity index (χ1) is 17.5. The number of furan rings is 1. The summed E-state index contributed by atoms with van der Waals surface area (Å²) in [7, 11) is 0. The molecular weight excluding hydrogens is 438 g/mol. The third kappa shape index (κ3) is 2.47. The molecule has 3 aliphatic rings. The van der Waals surface area contributed by atoms with Gasteiger partial charge in [0.05, 0.1) is 5.69 Å². The molecule has 2 aliphatic carbocycles. The van der Waals surface area contributed by atoms with E-state index in [-0.39, 0.29) is 5.41 Å². The average Bonchev–Trinajstić information content (AvgIpc) is 3.50. The molecule has 36 heavy (non-hydrogen) atoms. The lowest BCUT2D eigenvalue weighted by atomic mass is 9.81. The Bertz CT molecular complexity index is 1800. The average molecular weight is 466 g/mol. The van der Waals surface area contributed by atoms with Gasteiger partial charge in [-0.3, -0.25) is 0 Å². The maximum absolute atomic E-state index is 6.52. The highest BCUT2D eigenvalue weighted by molar-refractivity contribution is 6.09. The number of fused-ring (bicyclic) bond motifs is 10. The highest BCUT2D eigenvalue weighted by Gasteiger charge is 2.43. The Hall–Kier alpha value is -4.04. The Morgan fingerprint density at radius 2 is 1.72 bits per heavy atom. The second-order valence-corrected chi connectivity index (χ2v) is 11.0. The third-order valence-corrected chi connectivity index (χ3v) is 8.60. The molecule has 0 spiro atoms. The van der Waals surface area contributed by atoms with Gasteiger partial charge in [-0.15, -0.1) is 0 Å². The first-order valence-corrected chi connectivity index (χ1v) is 12.9. The molecule has 1 aliphatic heterocycles. The number of hydrogen-bond donors (Lipinski definition) is 0. The van der Waals surface area contributed by atoms with E-state index in [0.717, 1.165) is 17.6 Å². The summed E-state index contributed by atoms with van der Waals surface area (Å²) in [5.74, 6) is 0.388. The van der Waals surface area contributed by atoms with E-state index in [9.17, 15) is 0 Å². The van der Waals surface area contributed by atoms with Gasteiger partial charge in [-0.05, 0) is 78.1 Å². The van der Waals surface area contributed by atoms with Crippen LogP contribution in [0.5, 0.6) is 0 Å². The Morgan fingerprint density at radius 1 is 0.889 bits per heavy atom. The van der Waals surface area contributed by atoms with Crippen LogP contribution in [0.1, 0.15) is 48.4 Å². The quantitative estimate of drug-likeness (QED) is 0.245. The van der Waals surface area contributed by atoms with Crippen LogP contribution in [0.3, 0.4) is 0 Å². The minimum Gasteiger partial charge on any atom is -0.456 e. The van der Waals surface area contributed by atoms with Crippen molar-refractivity contribution in [3.63, 3.8) is 0 Å². The van der Waals surface area contributed by atoms with Crippen LogP contribution in [0.4, 0.5) is 11.4 Å². The number of benzene rings is 4. The van der Waals surface area contributed by atoms with Crippen LogP contribution in [-0.4, -0.2) is 0 Å². The molecule has 0 bridgehead atoms. The van der Waals surface area contributed by atoms with Gasteiger partial charge < -0.3 is 9.32 Å². The van der Waals surface area contributed by atoms with Crippen LogP contribution in [-0.2, 0) is 5.41 Å². The van der Waals surface area contributed by atoms with E-state index in [2.05, 4.69) is 117 Å². The molecule has 0 radical (unpaired) electrons. The van der Waals surface area contributed by atoms with E-state index in [1.807, 2.05) is 0 Å². The molecule has 0 saturated heterocycles. The number of para-hydroxylation sites is 1. The van der Waals surface area contributed by atoms with E-state index in [0.29, 0.717) is 5.92 Å². The van der Waals surface area contributed by atoms with Crippen molar-refractivity contribution in [3.05, 3.63) is 119 Å². The molecule has 2 heterocycles. The lowest BCUT2D eigenvalue weighted by molar-refractivity contribution is 0.620. The van der Waals surface area contributed by atoms with E-state index in [4.69, 9.17) is 4.42 Å².